The van der Waals surface area contributed by atoms with Crippen LogP contribution in [0.3, 0.4) is 0 Å². The summed E-state index contributed by atoms with van der Waals surface area (Å²) in [4.78, 5) is 12.6. The summed E-state index contributed by atoms with van der Waals surface area (Å²) in [6.07, 6.45) is 1.92. The van der Waals surface area contributed by atoms with Crippen molar-refractivity contribution >= 4 is 5.78 Å². The molecule has 0 saturated carbocycles. The lowest BCUT2D eigenvalue weighted by Gasteiger charge is -2.10. The number of benzene rings is 1. The number of ether oxygens (including phenoxy) is 1. The highest BCUT2D eigenvalue weighted by Crippen LogP contribution is 2.15. The molecule has 0 aliphatic carbocycles. The molecule has 8 nitrogen and oxygen atoms in total. The third-order valence-corrected chi connectivity index (χ3v) is 3.47. The predicted molar refractivity (Wildman–Crippen MR) is 87.1 cm³/mol. The first-order chi connectivity index (χ1) is 11.6. The van der Waals surface area contributed by atoms with E-state index < -0.39 is 0 Å². The first-order valence-corrected chi connectivity index (χ1v) is 7.74. The highest BCUT2D eigenvalue weighted by molar-refractivity contribution is 5.31. The van der Waals surface area contributed by atoms with Gasteiger partial charge in [-0.25, -0.2) is 0 Å². The van der Waals surface area contributed by atoms with Crippen LogP contribution in [0.5, 0.6) is 5.75 Å². The van der Waals surface area contributed by atoms with E-state index >= 15 is 0 Å². The number of nitrogens with zero attached hydrogens (tertiary/aromatic N) is 5. The van der Waals surface area contributed by atoms with Crippen LogP contribution in [0.2, 0.25) is 0 Å². The molecule has 2 aromatic heterocycles. The molecule has 0 fully saturated rings. The van der Waals surface area contributed by atoms with Crippen LogP contribution in [-0.2, 0) is 13.0 Å². The van der Waals surface area contributed by atoms with E-state index in [9.17, 15) is 9.90 Å². The molecule has 0 aliphatic rings. The lowest BCUT2D eigenvalue weighted by Crippen LogP contribution is -2.29. The molecule has 3 aromatic rings. The number of fused-ring (bicyclic) bond motifs is 1. The van der Waals surface area contributed by atoms with Gasteiger partial charge in [0.25, 0.3) is 11.3 Å². The molecule has 0 saturated heterocycles. The van der Waals surface area contributed by atoms with Crippen LogP contribution < -0.4 is 10.3 Å². The number of aliphatic hydroxyl groups excluding tert-OH is 1. The van der Waals surface area contributed by atoms with Crippen LogP contribution in [0.4, 0.5) is 0 Å². The second-order valence-electron chi connectivity index (χ2n) is 5.69. The predicted octanol–water partition coefficient (Wildman–Crippen LogP) is 0.656. The molecule has 2 heterocycles. The van der Waals surface area contributed by atoms with Crippen molar-refractivity contribution in [1.29, 1.82) is 0 Å². The first kappa shape index (κ1) is 16.1. The lowest BCUT2D eigenvalue weighted by atomic mass is 10.1. The highest BCUT2D eigenvalue weighted by Gasteiger charge is 2.13. The van der Waals surface area contributed by atoms with Crippen LogP contribution in [0.15, 0.2) is 35.4 Å². The number of rotatable bonds is 6. The van der Waals surface area contributed by atoms with Crippen LogP contribution >= 0.6 is 0 Å². The van der Waals surface area contributed by atoms with Crippen molar-refractivity contribution < 1.29 is 9.84 Å². The number of hydrogen-bond acceptors (Lipinski definition) is 6. The van der Waals surface area contributed by atoms with Gasteiger partial charge in [0.2, 0.25) is 0 Å². The van der Waals surface area contributed by atoms with Crippen LogP contribution in [-0.4, -0.2) is 42.2 Å². The molecule has 1 N–H and O–H groups in total. The van der Waals surface area contributed by atoms with Crippen molar-refractivity contribution in [2.45, 2.75) is 32.9 Å². The van der Waals surface area contributed by atoms with Gasteiger partial charge in [-0.2, -0.15) is 9.61 Å². The Bertz CT molecular complexity index is 883. The molecule has 0 radical (unpaired) electrons. The number of aliphatic hydroxyl groups is 1. The van der Waals surface area contributed by atoms with E-state index in [4.69, 9.17) is 4.74 Å². The van der Waals surface area contributed by atoms with E-state index in [0.717, 1.165) is 11.3 Å². The summed E-state index contributed by atoms with van der Waals surface area (Å²) in [5.74, 6) is 1.10. The van der Waals surface area contributed by atoms with E-state index in [-0.39, 0.29) is 24.8 Å². The summed E-state index contributed by atoms with van der Waals surface area (Å²) >= 11 is 0. The molecule has 24 heavy (non-hydrogen) atoms. The Balaban J connectivity index is 1.92. The third-order valence-electron chi connectivity index (χ3n) is 3.47. The monoisotopic (exact) mass is 329 g/mol. The second-order valence-corrected chi connectivity index (χ2v) is 5.69. The van der Waals surface area contributed by atoms with Crippen molar-refractivity contribution in [3.05, 3.63) is 52.2 Å². The Morgan fingerprint density at radius 1 is 1.25 bits per heavy atom. The summed E-state index contributed by atoms with van der Waals surface area (Å²) in [6, 6.07) is 7.56. The maximum atomic E-state index is 12.6. The van der Waals surface area contributed by atoms with Gasteiger partial charge in [-0.15, -0.1) is 10.2 Å². The van der Waals surface area contributed by atoms with Crippen LogP contribution in [0, 0.1) is 0 Å². The maximum Gasteiger partial charge on any atom is 0.277 e. The van der Waals surface area contributed by atoms with E-state index in [1.807, 2.05) is 38.1 Å². The SMILES string of the molecule is CC(C)Oc1ccc(Cc2nn3cnnc3n(CCO)c2=O)cc1. The van der Waals surface area contributed by atoms with Gasteiger partial charge in [-0.3, -0.25) is 9.36 Å². The molecular weight excluding hydrogens is 310 g/mol. The molecule has 3 rings (SSSR count). The van der Waals surface area contributed by atoms with Gasteiger partial charge >= 0.3 is 0 Å². The molecule has 0 spiro atoms. The Morgan fingerprint density at radius 3 is 2.67 bits per heavy atom. The van der Waals surface area contributed by atoms with E-state index in [1.54, 1.807) is 0 Å². The normalized spacial score (nSPS) is 11.3. The first-order valence-electron chi connectivity index (χ1n) is 7.74. The van der Waals surface area contributed by atoms with Crippen molar-refractivity contribution in [2.75, 3.05) is 6.61 Å². The smallest absolute Gasteiger partial charge is 0.277 e. The molecule has 0 bridgehead atoms. The minimum Gasteiger partial charge on any atom is -0.491 e. The van der Waals surface area contributed by atoms with Gasteiger partial charge < -0.3 is 9.84 Å². The fourth-order valence-electron chi connectivity index (χ4n) is 2.46. The molecule has 0 amide bonds. The molecule has 0 unspecified atom stereocenters. The summed E-state index contributed by atoms with van der Waals surface area (Å²) in [5, 5.41) is 21.1. The average Bonchev–Trinajstić information content (AvgIpc) is 3.01. The third kappa shape index (κ3) is 3.28. The number of hydrogen-bond donors (Lipinski definition) is 1. The minimum absolute atomic E-state index is 0.111. The van der Waals surface area contributed by atoms with Gasteiger partial charge in [0, 0.05) is 6.42 Å². The van der Waals surface area contributed by atoms with Gasteiger partial charge in [0.15, 0.2) is 0 Å². The molecular formula is C16H19N5O3. The topological polar surface area (TPSA) is 94.5 Å². The molecule has 8 heteroatoms. The fourth-order valence-corrected chi connectivity index (χ4v) is 2.46. The second kappa shape index (κ2) is 6.79. The summed E-state index contributed by atoms with van der Waals surface area (Å²) in [7, 11) is 0. The summed E-state index contributed by atoms with van der Waals surface area (Å²) in [6.45, 7) is 3.93. The van der Waals surface area contributed by atoms with Crippen molar-refractivity contribution in [3.63, 3.8) is 0 Å². The standard InChI is InChI=1S/C16H19N5O3/c1-11(2)24-13-5-3-12(4-6-13)9-14-15(23)20(7-8-22)16-18-17-10-21(16)19-14/h3-6,10-11,22H,7-9H2,1-2H3. The molecule has 0 aliphatic heterocycles. The Morgan fingerprint density at radius 2 is 2.00 bits per heavy atom. The summed E-state index contributed by atoms with van der Waals surface area (Å²) < 4.78 is 8.44. The lowest BCUT2D eigenvalue weighted by molar-refractivity contribution is 0.242. The van der Waals surface area contributed by atoms with Gasteiger partial charge in [0.05, 0.1) is 19.3 Å². The zero-order chi connectivity index (χ0) is 17.1. The van der Waals surface area contributed by atoms with E-state index in [0.29, 0.717) is 17.9 Å². The van der Waals surface area contributed by atoms with Gasteiger partial charge in [-0.05, 0) is 31.5 Å². The van der Waals surface area contributed by atoms with Crippen LogP contribution in [0.1, 0.15) is 25.1 Å². The molecule has 126 valence electrons. The quantitative estimate of drug-likeness (QED) is 0.714. The fraction of sp³-hybridized carbons (Fsp3) is 0.375. The van der Waals surface area contributed by atoms with Crippen molar-refractivity contribution in [3.8, 4) is 5.75 Å². The van der Waals surface area contributed by atoms with Gasteiger partial charge in [-0.1, -0.05) is 12.1 Å². The number of aromatic nitrogens is 5. The Labute approximate surface area is 138 Å². The molecule has 0 atom stereocenters. The largest absolute Gasteiger partial charge is 0.491 e. The van der Waals surface area contributed by atoms with Crippen molar-refractivity contribution in [2.24, 2.45) is 0 Å². The zero-order valence-corrected chi connectivity index (χ0v) is 13.6. The van der Waals surface area contributed by atoms with Gasteiger partial charge in [0.1, 0.15) is 17.8 Å². The summed E-state index contributed by atoms with van der Waals surface area (Å²) in [5.41, 5.74) is 1.04. The average molecular weight is 329 g/mol. The Kier molecular flexibility index (Phi) is 4.57. The van der Waals surface area contributed by atoms with Crippen LogP contribution in [0.25, 0.3) is 5.78 Å². The molecule has 1 aromatic carbocycles. The van der Waals surface area contributed by atoms with E-state index in [1.165, 1.54) is 15.4 Å². The Hall–Kier alpha value is -2.74. The minimum atomic E-state index is -0.271. The highest BCUT2D eigenvalue weighted by atomic mass is 16.5. The van der Waals surface area contributed by atoms with Crippen molar-refractivity contribution in [1.82, 2.24) is 24.4 Å². The zero-order valence-electron chi connectivity index (χ0n) is 13.6. The van der Waals surface area contributed by atoms with E-state index in [2.05, 4.69) is 15.3 Å². The maximum absolute atomic E-state index is 12.6.